The van der Waals surface area contributed by atoms with Gasteiger partial charge in [-0.15, -0.1) is 11.3 Å². The number of rotatable bonds is 7. The van der Waals surface area contributed by atoms with E-state index >= 15 is 0 Å². The van der Waals surface area contributed by atoms with Crippen LogP contribution in [0, 0.1) is 13.8 Å². The van der Waals surface area contributed by atoms with Crippen molar-refractivity contribution in [2.75, 3.05) is 36.9 Å². The molecule has 1 aliphatic rings. The highest BCUT2D eigenvalue weighted by molar-refractivity contribution is 7.18. The van der Waals surface area contributed by atoms with Crippen LogP contribution in [0.1, 0.15) is 36.0 Å². The van der Waals surface area contributed by atoms with Crippen molar-refractivity contribution in [1.82, 2.24) is 20.3 Å². The average molecular weight is 411 g/mol. The highest BCUT2D eigenvalue weighted by Gasteiger charge is 2.23. The maximum absolute atomic E-state index is 4.79. The molecule has 0 atom stereocenters. The molecule has 1 saturated heterocycles. The summed E-state index contributed by atoms with van der Waals surface area (Å²) in [6.07, 6.45) is 8.41. The summed E-state index contributed by atoms with van der Waals surface area (Å²) in [4.78, 5) is 16.1. The van der Waals surface area contributed by atoms with Crippen LogP contribution in [-0.4, -0.2) is 47.7 Å². The zero-order valence-electron chi connectivity index (χ0n) is 17.5. The Labute approximate surface area is 176 Å². The minimum absolute atomic E-state index is 0.590. The van der Waals surface area contributed by atoms with Gasteiger partial charge in [-0.2, -0.15) is 4.98 Å². The number of nitrogens with zero attached hydrogens (tertiary/aromatic N) is 4. The smallest absolute Gasteiger partial charge is 0.225 e. The van der Waals surface area contributed by atoms with Crippen molar-refractivity contribution in [3.8, 4) is 0 Å². The lowest BCUT2D eigenvalue weighted by atomic mass is 10.0. The van der Waals surface area contributed by atoms with Crippen molar-refractivity contribution in [3.05, 3.63) is 40.5 Å². The van der Waals surface area contributed by atoms with Gasteiger partial charge >= 0.3 is 0 Å². The van der Waals surface area contributed by atoms with Crippen LogP contribution >= 0.6 is 11.3 Å². The number of hydrogen-bond donors (Lipinski definition) is 2. The highest BCUT2D eigenvalue weighted by Crippen LogP contribution is 2.33. The van der Waals surface area contributed by atoms with Gasteiger partial charge in [0.15, 0.2) is 5.82 Å². The minimum atomic E-state index is 0.590. The number of nitrogens with one attached hydrogen (secondary N) is 2. The van der Waals surface area contributed by atoms with Gasteiger partial charge in [-0.25, -0.2) is 4.98 Å². The van der Waals surface area contributed by atoms with Crippen LogP contribution < -0.4 is 15.5 Å². The van der Waals surface area contributed by atoms with Gasteiger partial charge in [0.25, 0.3) is 0 Å². The molecular weight excluding hydrogens is 380 g/mol. The Morgan fingerprint density at radius 1 is 1.17 bits per heavy atom. The molecule has 1 aliphatic heterocycles. The SMILES string of the molecule is CNc1nc(N2CCC(NCCCc3cnccc3C)CC2)c2scc(C)c2n1. The van der Waals surface area contributed by atoms with Gasteiger partial charge in [-0.1, -0.05) is 0 Å². The Hall–Kier alpha value is -2.25. The van der Waals surface area contributed by atoms with Crippen LogP contribution in [0.3, 0.4) is 0 Å². The molecule has 1 fully saturated rings. The molecule has 0 aliphatic carbocycles. The van der Waals surface area contributed by atoms with E-state index in [0.717, 1.165) is 56.7 Å². The standard InChI is InChI=1S/C22H30N6S/c1-15-6-10-24-13-17(15)5-4-9-25-18-7-11-28(12-8-18)21-20-19(16(2)14-29-20)26-22(23-3)27-21/h6,10,13-14,18,25H,4-5,7-9,11-12H2,1-3H3,(H,23,26,27). The fourth-order valence-corrected chi connectivity index (χ4v) is 4.99. The Kier molecular flexibility index (Phi) is 6.25. The molecule has 0 unspecified atom stereocenters. The van der Waals surface area contributed by atoms with Crippen LogP contribution in [0.15, 0.2) is 23.8 Å². The molecule has 0 amide bonds. The van der Waals surface area contributed by atoms with E-state index in [9.17, 15) is 0 Å². The van der Waals surface area contributed by atoms with Crippen molar-refractivity contribution in [3.63, 3.8) is 0 Å². The average Bonchev–Trinajstić information content (AvgIpc) is 3.13. The number of pyridine rings is 1. The van der Waals surface area contributed by atoms with Gasteiger partial charge in [0.05, 0.1) is 10.2 Å². The summed E-state index contributed by atoms with van der Waals surface area (Å²) in [6.45, 7) is 7.42. The normalized spacial score (nSPS) is 15.2. The summed E-state index contributed by atoms with van der Waals surface area (Å²) in [5.74, 6) is 1.79. The van der Waals surface area contributed by atoms with E-state index in [4.69, 9.17) is 4.98 Å². The molecular formula is C22H30N6S. The second-order valence-electron chi connectivity index (χ2n) is 7.84. The Morgan fingerprint density at radius 2 is 2.00 bits per heavy atom. The minimum Gasteiger partial charge on any atom is -0.357 e. The lowest BCUT2D eigenvalue weighted by Crippen LogP contribution is -2.43. The predicted molar refractivity (Wildman–Crippen MR) is 122 cm³/mol. The molecule has 0 radical (unpaired) electrons. The molecule has 2 N–H and O–H groups in total. The van der Waals surface area contributed by atoms with Crippen LogP contribution in [0.25, 0.3) is 10.2 Å². The quantitative estimate of drug-likeness (QED) is 0.575. The van der Waals surface area contributed by atoms with Crippen molar-refractivity contribution >= 4 is 33.3 Å². The molecule has 7 heteroatoms. The van der Waals surface area contributed by atoms with E-state index in [2.05, 4.69) is 50.8 Å². The molecule has 6 nitrogen and oxygen atoms in total. The number of hydrogen-bond acceptors (Lipinski definition) is 7. The number of aryl methyl sites for hydroxylation is 3. The van der Waals surface area contributed by atoms with Gasteiger partial charge in [-0.3, -0.25) is 4.98 Å². The predicted octanol–water partition coefficient (Wildman–Crippen LogP) is 3.94. The summed E-state index contributed by atoms with van der Waals surface area (Å²) < 4.78 is 1.21. The topological polar surface area (TPSA) is 66.0 Å². The molecule has 0 spiro atoms. The summed E-state index contributed by atoms with van der Waals surface area (Å²) in [7, 11) is 1.88. The van der Waals surface area contributed by atoms with Crippen molar-refractivity contribution in [1.29, 1.82) is 0 Å². The van der Waals surface area contributed by atoms with E-state index in [1.165, 1.54) is 21.4 Å². The third-order valence-corrected chi connectivity index (χ3v) is 6.88. The molecule has 29 heavy (non-hydrogen) atoms. The van der Waals surface area contributed by atoms with Crippen LogP contribution in [-0.2, 0) is 6.42 Å². The fraction of sp³-hybridized carbons (Fsp3) is 0.500. The van der Waals surface area contributed by atoms with Crippen molar-refractivity contribution in [2.45, 2.75) is 45.6 Å². The third kappa shape index (κ3) is 4.51. The van der Waals surface area contributed by atoms with E-state index in [-0.39, 0.29) is 0 Å². The van der Waals surface area contributed by atoms with E-state index in [0.29, 0.717) is 12.0 Å². The summed E-state index contributed by atoms with van der Waals surface area (Å²) in [5, 5.41) is 9.05. The third-order valence-electron chi connectivity index (χ3n) is 5.80. The molecule has 4 rings (SSSR count). The van der Waals surface area contributed by atoms with Gasteiger partial charge in [0.2, 0.25) is 5.95 Å². The van der Waals surface area contributed by atoms with Gasteiger partial charge in [-0.05, 0) is 74.2 Å². The molecule has 0 saturated carbocycles. The molecule has 0 bridgehead atoms. The van der Waals surface area contributed by atoms with Crippen LogP contribution in [0.5, 0.6) is 0 Å². The monoisotopic (exact) mass is 410 g/mol. The van der Waals surface area contributed by atoms with Crippen LogP contribution in [0.4, 0.5) is 11.8 Å². The first kappa shape index (κ1) is 20.0. The fourth-order valence-electron chi connectivity index (χ4n) is 3.98. The Bertz CT molecular complexity index is 961. The summed E-state index contributed by atoms with van der Waals surface area (Å²) >= 11 is 1.75. The van der Waals surface area contributed by atoms with E-state index in [1.807, 2.05) is 19.4 Å². The van der Waals surface area contributed by atoms with Crippen molar-refractivity contribution < 1.29 is 0 Å². The maximum Gasteiger partial charge on any atom is 0.225 e. The number of piperidine rings is 1. The Balaban J connectivity index is 1.31. The summed E-state index contributed by atoms with van der Waals surface area (Å²) in [6, 6.07) is 2.68. The zero-order valence-corrected chi connectivity index (χ0v) is 18.4. The molecule has 3 aromatic rings. The van der Waals surface area contributed by atoms with E-state index in [1.54, 1.807) is 11.3 Å². The summed E-state index contributed by atoms with van der Waals surface area (Å²) in [5.41, 5.74) is 5.01. The van der Waals surface area contributed by atoms with E-state index < -0.39 is 0 Å². The number of thiophene rings is 1. The number of fused-ring (bicyclic) bond motifs is 1. The number of aromatic nitrogens is 3. The molecule has 3 aromatic heterocycles. The zero-order chi connectivity index (χ0) is 20.2. The second-order valence-corrected chi connectivity index (χ2v) is 8.72. The first-order chi connectivity index (χ1) is 14.2. The molecule has 154 valence electrons. The lowest BCUT2D eigenvalue weighted by molar-refractivity contribution is 0.412. The molecule has 4 heterocycles. The first-order valence-corrected chi connectivity index (χ1v) is 11.3. The van der Waals surface area contributed by atoms with Crippen molar-refractivity contribution in [2.24, 2.45) is 0 Å². The van der Waals surface area contributed by atoms with Gasteiger partial charge < -0.3 is 15.5 Å². The Morgan fingerprint density at radius 3 is 2.76 bits per heavy atom. The molecule has 0 aromatic carbocycles. The first-order valence-electron chi connectivity index (χ1n) is 10.5. The second kappa shape index (κ2) is 9.05. The van der Waals surface area contributed by atoms with Gasteiger partial charge in [0.1, 0.15) is 0 Å². The largest absolute Gasteiger partial charge is 0.357 e. The lowest BCUT2D eigenvalue weighted by Gasteiger charge is -2.33. The van der Waals surface area contributed by atoms with Crippen LogP contribution in [0.2, 0.25) is 0 Å². The number of anilines is 2. The highest BCUT2D eigenvalue weighted by atomic mass is 32.1. The maximum atomic E-state index is 4.79. The van der Waals surface area contributed by atoms with Gasteiger partial charge in [0, 0.05) is 38.6 Å².